The molecule has 0 aromatic carbocycles. The van der Waals surface area contributed by atoms with Gasteiger partial charge in [0.1, 0.15) is 24.0 Å². The fraction of sp³-hybridized carbons (Fsp3) is 0.412. The molecule has 0 amide bonds. The molecule has 0 N–H and O–H groups in total. The number of piperazine rings is 1. The number of hydrogen-bond donors (Lipinski definition) is 0. The molecule has 1 aliphatic heterocycles. The summed E-state index contributed by atoms with van der Waals surface area (Å²) in [5.74, 6) is 1.41. The highest BCUT2D eigenvalue weighted by Gasteiger charge is 2.27. The minimum absolute atomic E-state index is 0.00981. The van der Waals surface area contributed by atoms with E-state index in [1.54, 1.807) is 26.0 Å². The maximum atomic E-state index is 11.0. The highest BCUT2D eigenvalue weighted by atomic mass is 16.6. The summed E-state index contributed by atoms with van der Waals surface area (Å²) in [7, 11) is 0. The van der Waals surface area contributed by atoms with E-state index in [1.165, 1.54) is 12.4 Å². The summed E-state index contributed by atoms with van der Waals surface area (Å²) in [6.07, 6.45) is 2.59. The molecule has 0 radical (unpaired) electrons. The molecular formula is C17H20N6O4. The molecule has 0 bridgehead atoms. The Hall–Kier alpha value is -3.30. The van der Waals surface area contributed by atoms with E-state index >= 15 is 0 Å². The molecule has 1 aliphatic rings. The number of hydrogen-bond acceptors (Lipinski definition) is 8. The number of pyridine rings is 2. The van der Waals surface area contributed by atoms with Crippen molar-refractivity contribution in [3.8, 4) is 0 Å². The molecule has 10 nitrogen and oxygen atoms in total. The van der Waals surface area contributed by atoms with E-state index < -0.39 is 9.85 Å². The molecule has 3 heterocycles. The molecule has 10 heteroatoms. The van der Waals surface area contributed by atoms with Crippen LogP contribution in [0.25, 0.3) is 0 Å². The van der Waals surface area contributed by atoms with Gasteiger partial charge in [-0.25, -0.2) is 9.97 Å². The van der Waals surface area contributed by atoms with Crippen LogP contribution in [0, 0.1) is 34.1 Å². The molecule has 2 aromatic heterocycles. The average molecular weight is 372 g/mol. The second-order valence-electron chi connectivity index (χ2n) is 6.66. The monoisotopic (exact) mass is 372 g/mol. The average Bonchev–Trinajstić information content (AvgIpc) is 2.60. The first-order valence-corrected chi connectivity index (χ1v) is 8.51. The van der Waals surface area contributed by atoms with E-state index in [9.17, 15) is 20.2 Å². The summed E-state index contributed by atoms with van der Waals surface area (Å²) in [5, 5.41) is 21.9. The zero-order valence-corrected chi connectivity index (χ0v) is 15.3. The third-order valence-corrected chi connectivity index (χ3v) is 4.78. The molecule has 142 valence electrons. The van der Waals surface area contributed by atoms with Gasteiger partial charge in [-0.3, -0.25) is 20.2 Å². The lowest BCUT2D eigenvalue weighted by atomic mass is 10.1. The predicted molar refractivity (Wildman–Crippen MR) is 100 cm³/mol. The highest BCUT2D eigenvalue weighted by Crippen LogP contribution is 2.27. The molecule has 1 atom stereocenters. The molecule has 2 aromatic rings. The van der Waals surface area contributed by atoms with Crippen molar-refractivity contribution in [2.75, 3.05) is 29.4 Å². The molecule has 1 saturated heterocycles. The van der Waals surface area contributed by atoms with Crippen LogP contribution >= 0.6 is 0 Å². The number of aromatic nitrogens is 2. The number of nitrogens with zero attached hydrogens (tertiary/aromatic N) is 6. The van der Waals surface area contributed by atoms with Crippen LogP contribution < -0.4 is 9.80 Å². The van der Waals surface area contributed by atoms with Gasteiger partial charge in [-0.2, -0.15) is 0 Å². The summed E-state index contributed by atoms with van der Waals surface area (Å²) >= 11 is 0. The Morgan fingerprint density at radius 3 is 1.96 bits per heavy atom. The standard InChI is InChI=1S/C17H20N6O4/c1-11-6-16(18-8-14(11)22(24)25)20-4-5-21(13(3)10-20)17-7-12(2)15(9-19-17)23(26)27/h6-9,13H,4-5,10H2,1-3H3. The predicted octanol–water partition coefficient (Wildman–Crippen LogP) is 2.62. The van der Waals surface area contributed by atoms with Gasteiger partial charge in [0.2, 0.25) is 0 Å². The van der Waals surface area contributed by atoms with Crippen molar-refractivity contribution in [1.82, 2.24) is 9.97 Å². The van der Waals surface area contributed by atoms with E-state index in [2.05, 4.69) is 19.8 Å². The van der Waals surface area contributed by atoms with Gasteiger partial charge >= 0.3 is 0 Å². The maximum absolute atomic E-state index is 11.0. The zero-order chi connectivity index (χ0) is 19.7. The summed E-state index contributed by atoms with van der Waals surface area (Å²) < 4.78 is 0. The third kappa shape index (κ3) is 3.64. The summed E-state index contributed by atoms with van der Waals surface area (Å²) in [5.41, 5.74) is 1.17. The van der Waals surface area contributed by atoms with Gasteiger partial charge in [-0.05, 0) is 32.9 Å². The molecule has 27 heavy (non-hydrogen) atoms. The van der Waals surface area contributed by atoms with Crippen molar-refractivity contribution in [2.24, 2.45) is 0 Å². The minimum atomic E-state index is -0.435. The molecule has 1 fully saturated rings. The van der Waals surface area contributed by atoms with E-state index in [1.807, 2.05) is 6.92 Å². The van der Waals surface area contributed by atoms with Gasteiger partial charge in [0.15, 0.2) is 0 Å². The zero-order valence-electron chi connectivity index (χ0n) is 15.3. The normalized spacial score (nSPS) is 17.1. The molecule has 0 aliphatic carbocycles. The molecule has 0 saturated carbocycles. The van der Waals surface area contributed by atoms with E-state index in [0.29, 0.717) is 42.4 Å². The lowest BCUT2D eigenvalue weighted by Gasteiger charge is -2.41. The van der Waals surface area contributed by atoms with E-state index in [4.69, 9.17) is 0 Å². The van der Waals surface area contributed by atoms with E-state index in [0.717, 1.165) is 0 Å². The van der Waals surface area contributed by atoms with Crippen molar-refractivity contribution < 1.29 is 9.85 Å². The smallest absolute Gasteiger partial charge is 0.290 e. The van der Waals surface area contributed by atoms with Gasteiger partial charge in [0.25, 0.3) is 11.4 Å². The summed E-state index contributed by atoms with van der Waals surface area (Å²) in [4.78, 5) is 33.7. The topological polar surface area (TPSA) is 119 Å². The third-order valence-electron chi connectivity index (χ3n) is 4.78. The second kappa shape index (κ2) is 7.14. The van der Waals surface area contributed by atoms with Crippen molar-refractivity contribution in [3.05, 3.63) is 55.9 Å². The second-order valence-corrected chi connectivity index (χ2v) is 6.66. The van der Waals surface area contributed by atoms with Gasteiger partial charge in [-0.15, -0.1) is 0 Å². The van der Waals surface area contributed by atoms with Gasteiger partial charge in [0.05, 0.1) is 9.85 Å². The van der Waals surface area contributed by atoms with Crippen molar-refractivity contribution in [1.29, 1.82) is 0 Å². The maximum Gasteiger partial charge on any atom is 0.290 e. The van der Waals surface area contributed by atoms with Crippen LogP contribution in [-0.2, 0) is 0 Å². The molecular weight excluding hydrogens is 352 g/mol. The first-order chi connectivity index (χ1) is 12.8. The van der Waals surface area contributed by atoms with Gasteiger partial charge < -0.3 is 9.80 Å². The van der Waals surface area contributed by atoms with Crippen LogP contribution in [0.1, 0.15) is 18.1 Å². The van der Waals surface area contributed by atoms with Crippen LogP contribution in [0.4, 0.5) is 23.0 Å². The van der Waals surface area contributed by atoms with Crippen LogP contribution in [0.2, 0.25) is 0 Å². The van der Waals surface area contributed by atoms with Gasteiger partial charge in [0, 0.05) is 36.8 Å². The Labute approximate surface area is 155 Å². The quantitative estimate of drug-likeness (QED) is 0.593. The Balaban J connectivity index is 1.76. The lowest BCUT2D eigenvalue weighted by molar-refractivity contribution is -0.385. The largest absolute Gasteiger partial charge is 0.353 e. The number of anilines is 2. The lowest BCUT2D eigenvalue weighted by Crippen LogP contribution is -2.52. The summed E-state index contributed by atoms with van der Waals surface area (Å²) in [6, 6.07) is 3.57. The Bertz CT molecular complexity index is 903. The molecule has 1 unspecified atom stereocenters. The Morgan fingerprint density at radius 1 is 0.963 bits per heavy atom. The fourth-order valence-electron chi connectivity index (χ4n) is 3.29. The Kier molecular flexibility index (Phi) is 4.89. The van der Waals surface area contributed by atoms with Crippen LogP contribution in [0.3, 0.4) is 0 Å². The van der Waals surface area contributed by atoms with Crippen molar-refractivity contribution in [2.45, 2.75) is 26.8 Å². The number of nitro groups is 2. The molecule has 0 spiro atoms. The minimum Gasteiger partial charge on any atom is -0.353 e. The Morgan fingerprint density at radius 2 is 1.48 bits per heavy atom. The van der Waals surface area contributed by atoms with Crippen LogP contribution in [-0.4, -0.2) is 45.5 Å². The first kappa shape index (κ1) is 18.5. The van der Waals surface area contributed by atoms with Gasteiger partial charge in [-0.1, -0.05) is 0 Å². The fourth-order valence-corrected chi connectivity index (χ4v) is 3.29. The number of rotatable bonds is 4. The van der Waals surface area contributed by atoms with E-state index in [-0.39, 0.29) is 17.4 Å². The summed E-state index contributed by atoms with van der Waals surface area (Å²) in [6.45, 7) is 7.46. The van der Waals surface area contributed by atoms with Crippen molar-refractivity contribution in [3.63, 3.8) is 0 Å². The first-order valence-electron chi connectivity index (χ1n) is 8.51. The molecule has 3 rings (SSSR count). The number of aryl methyl sites for hydroxylation is 2. The SMILES string of the molecule is Cc1cc(N2CCN(c3cc(C)c([N+](=O)[O-])cn3)C(C)C2)ncc1[N+](=O)[O-]. The van der Waals surface area contributed by atoms with Crippen molar-refractivity contribution >= 4 is 23.0 Å². The van der Waals surface area contributed by atoms with Crippen LogP contribution in [0.15, 0.2) is 24.5 Å². The highest BCUT2D eigenvalue weighted by molar-refractivity contribution is 5.53. The van der Waals surface area contributed by atoms with Crippen LogP contribution in [0.5, 0.6) is 0 Å².